The van der Waals surface area contributed by atoms with Crippen molar-refractivity contribution < 1.29 is 4.39 Å². The fraction of sp³-hybridized carbons (Fsp3) is 0.353. The molecule has 0 bridgehead atoms. The van der Waals surface area contributed by atoms with Crippen LogP contribution >= 0.6 is 11.8 Å². The van der Waals surface area contributed by atoms with Crippen LogP contribution in [-0.4, -0.2) is 29.3 Å². The smallest absolute Gasteiger partial charge is 0.223 e. The largest absolute Gasteiger partial charge is 0.368 e. The number of hydrogen-bond acceptors (Lipinski definition) is 6. The Kier molecular flexibility index (Phi) is 4.86. The second-order valence-electron chi connectivity index (χ2n) is 5.71. The summed E-state index contributed by atoms with van der Waals surface area (Å²) < 4.78 is 13.1. The number of halogens is 1. The van der Waals surface area contributed by atoms with E-state index in [9.17, 15) is 9.65 Å². The molecule has 0 saturated carbocycles. The van der Waals surface area contributed by atoms with Crippen LogP contribution in [0.4, 0.5) is 16.2 Å². The molecule has 7 heteroatoms. The first kappa shape index (κ1) is 16.5. The maximum atomic E-state index is 13.1. The minimum atomic E-state index is -0.212. The van der Waals surface area contributed by atoms with Gasteiger partial charge in [0.1, 0.15) is 22.5 Å². The summed E-state index contributed by atoms with van der Waals surface area (Å²) in [6, 6.07) is 8.92. The van der Waals surface area contributed by atoms with Gasteiger partial charge in [-0.2, -0.15) is 10.2 Å². The van der Waals surface area contributed by atoms with E-state index in [-0.39, 0.29) is 11.8 Å². The molecule has 0 unspecified atom stereocenters. The number of thioether (sulfide) groups is 1. The molecule has 2 aromatic rings. The lowest BCUT2D eigenvalue weighted by Gasteiger charge is -2.33. The lowest BCUT2D eigenvalue weighted by atomic mass is 9.89. The van der Waals surface area contributed by atoms with Crippen LogP contribution in [0, 0.1) is 17.1 Å². The number of hydrogen-bond donors (Lipinski definition) is 1. The monoisotopic (exact) mass is 343 g/mol. The maximum Gasteiger partial charge on any atom is 0.223 e. The molecule has 24 heavy (non-hydrogen) atoms. The van der Waals surface area contributed by atoms with E-state index >= 15 is 0 Å². The number of nitrogens with zero attached hydrogens (tertiary/aromatic N) is 4. The SMILES string of the molecule is CSc1nc(N)nc(N2CCC(c3ccc(F)cc3)CC2)c1C#N. The molecule has 0 amide bonds. The van der Waals surface area contributed by atoms with Crippen molar-refractivity contribution in [2.45, 2.75) is 23.8 Å². The van der Waals surface area contributed by atoms with Crippen molar-refractivity contribution in [2.75, 3.05) is 30.0 Å². The van der Waals surface area contributed by atoms with Crippen LogP contribution in [-0.2, 0) is 0 Å². The van der Waals surface area contributed by atoms with E-state index in [0.29, 0.717) is 22.3 Å². The van der Waals surface area contributed by atoms with Gasteiger partial charge in [-0.15, -0.1) is 11.8 Å². The number of nitrogen functional groups attached to an aromatic ring is 1. The van der Waals surface area contributed by atoms with Gasteiger partial charge in [0.25, 0.3) is 0 Å². The molecule has 3 rings (SSSR count). The van der Waals surface area contributed by atoms with Crippen LogP contribution in [0.15, 0.2) is 29.3 Å². The van der Waals surface area contributed by atoms with E-state index in [1.165, 1.54) is 23.9 Å². The van der Waals surface area contributed by atoms with E-state index in [2.05, 4.69) is 20.9 Å². The number of benzene rings is 1. The second-order valence-corrected chi connectivity index (χ2v) is 6.51. The van der Waals surface area contributed by atoms with Crippen LogP contribution in [0.5, 0.6) is 0 Å². The number of nitriles is 1. The van der Waals surface area contributed by atoms with Crippen molar-refractivity contribution in [2.24, 2.45) is 0 Å². The van der Waals surface area contributed by atoms with Gasteiger partial charge in [-0.25, -0.2) is 9.37 Å². The van der Waals surface area contributed by atoms with Crippen LogP contribution in [0.25, 0.3) is 0 Å². The van der Waals surface area contributed by atoms with E-state index in [0.717, 1.165) is 31.5 Å². The van der Waals surface area contributed by atoms with Gasteiger partial charge in [0, 0.05) is 13.1 Å². The van der Waals surface area contributed by atoms with Gasteiger partial charge >= 0.3 is 0 Å². The molecular weight excluding hydrogens is 325 g/mol. The zero-order valence-electron chi connectivity index (χ0n) is 13.4. The summed E-state index contributed by atoms with van der Waals surface area (Å²) in [6.07, 6.45) is 3.72. The Morgan fingerprint density at radius 3 is 2.50 bits per heavy atom. The Hall–Kier alpha value is -2.33. The van der Waals surface area contributed by atoms with Gasteiger partial charge in [-0.3, -0.25) is 0 Å². The first-order valence-corrected chi connectivity index (χ1v) is 8.97. The molecule has 1 aliphatic heterocycles. The Balaban J connectivity index is 1.79. The molecule has 1 aromatic carbocycles. The van der Waals surface area contributed by atoms with Gasteiger partial charge in [0.2, 0.25) is 5.95 Å². The molecule has 0 atom stereocenters. The highest BCUT2D eigenvalue weighted by molar-refractivity contribution is 7.98. The molecule has 1 saturated heterocycles. The van der Waals surface area contributed by atoms with Crippen molar-refractivity contribution in [3.8, 4) is 6.07 Å². The Bertz CT molecular complexity index is 764. The number of nitrogens with two attached hydrogens (primary N) is 1. The van der Waals surface area contributed by atoms with Crippen molar-refractivity contribution in [3.63, 3.8) is 0 Å². The minimum Gasteiger partial charge on any atom is -0.368 e. The predicted molar refractivity (Wildman–Crippen MR) is 93.5 cm³/mol. The van der Waals surface area contributed by atoms with Crippen LogP contribution < -0.4 is 10.6 Å². The summed E-state index contributed by atoms with van der Waals surface area (Å²) in [5.74, 6) is 0.989. The molecule has 1 aromatic heterocycles. The summed E-state index contributed by atoms with van der Waals surface area (Å²) in [6.45, 7) is 1.56. The van der Waals surface area contributed by atoms with E-state index < -0.39 is 0 Å². The zero-order chi connectivity index (χ0) is 17.1. The predicted octanol–water partition coefficient (Wildman–Crippen LogP) is 3.18. The third-order valence-electron chi connectivity index (χ3n) is 4.32. The summed E-state index contributed by atoms with van der Waals surface area (Å²) >= 11 is 1.40. The fourth-order valence-corrected chi connectivity index (χ4v) is 3.60. The topological polar surface area (TPSA) is 78.8 Å². The third-order valence-corrected chi connectivity index (χ3v) is 5.00. The first-order valence-electron chi connectivity index (χ1n) is 7.74. The average molecular weight is 343 g/mol. The maximum absolute atomic E-state index is 13.1. The van der Waals surface area contributed by atoms with E-state index in [4.69, 9.17) is 5.73 Å². The summed E-state index contributed by atoms with van der Waals surface area (Å²) in [4.78, 5) is 10.5. The van der Waals surface area contributed by atoms with Gasteiger partial charge in [-0.05, 0) is 42.7 Å². The quantitative estimate of drug-likeness (QED) is 0.681. The minimum absolute atomic E-state index is 0.189. The van der Waals surface area contributed by atoms with E-state index in [1.54, 1.807) is 0 Å². The van der Waals surface area contributed by atoms with Gasteiger partial charge < -0.3 is 10.6 Å². The van der Waals surface area contributed by atoms with Crippen molar-refractivity contribution in [1.82, 2.24) is 9.97 Å². The highest BCUT2D eigenvalue weighted by atomic mass is 32.2. The van der Waals surface area contributed by atoms with Crippen LogP contribution in [0.2, 0.25) is 0 Å². The summed E-state index contributed by atoms with van der Waals surface area (Å²) in [5.41, 5.74) is 7.43. The third kappa shape index (κ3) is 3.29. The fourth-order valence-electron chi connectivity index (χ4n) is 3.08. The number of rotatable bonds is 3. The molecule has 0 aliphatic carbocycles. The Morgan fingerprint density at radius 2 is 1.92 bits per heavy atom. The molecule has 1 aliphatic rings. The number of aromatic nitrogens is 2. The lowest BCUT2D eigenvalue weighted by Crippen LogP contribution is -2.34. The summed E-state index contributed by atoms with van der Waals surface area (Å²) in [5, 5.41) is 10.1. The molecular formula is C17H18FN5S. The lowest BCUT2D eigenvalue weighted by molar-refractivity contribution is 0.501. The summed E-state index contributed by atoms with van der Waals surface area (Å²) in [7, 11) is 0. The van der Waals surface area contributed by atoms with Gasteiger partial charge in [0.15, 0.2) is 5.82 Å². The molecule has 0 spiro atoms. The Morgan fingerprint density at radius 1 is 1.25 bits per heavy atom. The van der Waals surface area contributed by atoms with Crippen LogP contribution in [0.3, 0.4) is 0 Å². The van der Waals surface area contributed by atoms with Gasteiger partial charge in [0.05, 0.1) is 0 Å². The number of anilines is 2. The normalized spacial score (nSPS) is 15.3. The standard InChI is InChI=1S/C17H18FN5S/c1-24-16-14(10-19)15(21-17(20)22-16)23-8-6-12(7-9-23)11-2-4-13(18)5-3-11/h2-5,12H,6-9H2,1H3,(H2,20,21,22). The molecule has 2 heterocycles. The average Bonchev–Trinajstić information content (AvgIpc) is 2.61. The van der Waals surface area contributed by atoms with Crippen molar-refractivity contribution in [1.29, 1.82) is 5.26 Å². The van der Waals surface area contributed by atoms with Crippen LogP contribution in [0.1, 0.15) is 29.9 Å². The number of piperidine rings is 1. The zero-order valence-corrected chi connectivity index (χ0v) is 14.2. The van der Waals surface area contributed by atoms with Gasteiger partial charge in [-0.1, -0.05) is 12.1 Å². The highest BCUT2D eigenvalue weighted by Gasteiger charge is 2.25. The molecule has 2 N–H and O–H groups in total. The van der Waals surface area contributed by atoms with Crippen molar-refractivity contribution in [3.05, 3.63) is 41.2 Å². The van der Waals surface area contributed by atoms with E-state index in [1.807, 2.05) is 18.4 Å². The van der Waals surface area contributed by atoms with Crippen molar-refractivity contribution >= 4 is 23.5 Å². The molecule has 124 valence electrons. The highest BCUT2D eigenvalue weighted by Crippen LogP contribution is 2.33. The second kappa shape index (κ2) is 7.05. The Labute approximate surface area is 144 Å². The molecule has 5 nitrogen and oxygen atoms in total. The molecule has 1 fully saturated rings. The molecule has 0 radical (unpaired) electrons. The first-order chi connectivity index (χ1) is 11.6.